The topological polar surface area (TPSA) is 59.9 Å². The van der Waals surface area contributed by atoms with Crippen LogP contribution in [0.25, 0.3) is 0 Å². The quantitative estimate of drug-likeness (QED) is 0.196. The number of carbonyl (C=O) groups excluding carboxylic acids is 1. The van der Waals surface area contributed by atoms with E-state index in [0.717, 1.165) is 14.7 Å². The molecule has 0 spiro atoms. The molecule has 3 aromatic carbocycles. The predicted octanol–water partition coefficient (Wildman–Crippen LogP) is 6.34. The number of hydrogen-bond donors (Lipinski definition) is 1. The van der Waals surface area contributed by atoms with Crippen LogP contribution in [-0.2, 0) is 6.61 Å². The second kappa shape index (κ2) is 11.4. The molecule has 0 aliphatic rings. The zero-order valence-corrected chi connectivity index (χ0v) is 20.2. The van der Waals surface area contributed by atoms with E-state index in [1.165, 1.54) is 0 Å². The minimum atomic E-state index is -0.324. The van der Waals surface area contributed by atoms with Crippen LogP contribution in [0.2, 0.25) is 10.0 Å². The van der Waals surface area contributed by atoms with Gasteiger partial charge in [-0.25, -0.2) is 5.43 Å². The molecule has 3 aromatic rings. The van der Waals surface area contributed by atoms with Gasteiger partial charge in [-0.3, -0.25) is 4.79 Å². The summed E-state index contributed by atoms with van der Waals surface area (Å²) in [5.41, 5.74) is 4.74. The molecule has 5 nitrogen and oxygen atoms in total. The van der Waals surface area contributed by atoms with E-state index in [1.54, 1.807) is 30.5 Å². The molecule has 3 rings (SSSR count). The molecule has 8 heteroatoms. The Labute approximate surface area is 204 Å². The normalized spacial score (nSPS) is 10.8. The molecule has 1 N–H and O–H groups in total. The molecule has 160 valence electrons. The van der Waals surface area contributed by atoms with Crippen LogP contribution in [-0.4, -0.2) is 18.7 Å². The summed E-state index contributed by atoms with van der Waals surface area (Å²) >= 11 is 14.0. The summed E-state index contributed by atoms with van der Waals surface area (Å²) < 4.78 is 12.6. The third-order valence-corrected chi connectivity index (χ3v) is 5.42. The van der Waals surface area contributed by atoms with Crippen LogP contribution < -0.4 is 14.9 Å². The summed E-state index contributed by atoms with van der Waals surface area (Å²) in [5.74, 6) is 0.934. The Kier molecular flexibility index (Phi) is 8.57. The summed E-state index contributed by atoms with van der Waals surface area (Å²) in [6.45, 7) is 2.78. The van der Waals surface area contributed by atoms with E-state index in [4.69, 9.17) is 32.7 Å². The van der Waals surface area contributed by atoms with Gasteiger partial charge in [-0.15, -0.1) is 0 Å². The van der Waals surface area contributed by atoms with Crippen molar-refractivity contribution in [3.63, 3.8) is 0 Å². The van der Waals surface area contributed by atoms with Gasteiger partial charge in [0, 0.05) is 15.6 Å². The molecule has 0 saturated heterocycles. The fraction of sp³-hybridized carbons (Fsp3) is 0.130. The molecule has 0 radical (unpaired) electrons. The molecule has 0 aromatic heterocycles. The number of nitrogens with zero attached hydrogens (tertiary/aromatic N) is 1. The van der Waals surface area contributed by atoms with Gasteiger partial charge < -0.3 is 9.47 Å². The Balaban J connectivity index is 1.71. The lowest BCUT2D eigenvalue weighted by molar-refractivity contribution is 0.0955. The first-order chi connectivity index (χ1) is 15.0. The van der Waals surface area contributed by atoms with E-state index in [-0.39, 0.29) is 5.91 Å². The Morgan fingerprint density at radius 3 is 2.32 bits per heavy atom. The van der Waals surface area contributed by atoms with Crippen LogP contribution in [0, 0.1) is 3.57 Å². The van der Waals surface area contributed by atoms with Gasteiger partial charge in [-0.05, 0) is 89.2 Å². The number of ether oxygens (including phenoxy) is 2. The van der Waals surface area contributed by atoms with E-state index >= 15 is 0 Å². The number of hydrogen-bond acceptors (Lipinski definition) is 4. The molecule has 0 saturated carbocycles. The van der Waals surface area contributed by atoms with Gasteiger partial charge in [0.1, 0.15) is 6.61 Å². The molecular formula is C23H19Cl2IN2O3. The van der Waals surface area contributed by atoms with Crippen LogP contribution in [0.5, 0.6) is 11.5 Å². The highest BCUT2D eigenvalue weighted by atomic mass is 127. The van der Waals surface area contributed by atoms with E-state index in [9.17, 15) is 4.79 Å². The molecule has 0 aliphatic carbocycles. The first kappa shape index (κ1) is 23.4. The Morgan fingerprint density at radius 1 is 1.03 bits per heavy atom. The fourth-order valence-corrected chi connectivity index (χ4v) is 3.67. The second-order valence-electron chi connectivity index (χ2n) is 6.38. The van der Waals surface area contributed by atoms with Gasteiger partial charge >= 0.3 is 0 Å². The molecule has 31 heavy (non-hydrogen) atoms. The molecular weight excluding hydrogens is 550 g/mol. The number of carbonyl (C=O) groups is 1. The Hall–Kier alpha value is -2.29. The highest BCUT2D eigenvalue weighted by Gasteiger charge is 2.12. The molecule has 0 aliphatic heterocycles. The van der Waals surface area contributed by atoms with E-state index < -0.39 is 0 Å². The first-order valence-electron chi connectivity index (χ1n) is 9.39. The highest BCUT2D eigenvalue weighted by molar-refractivity contribution is 14.1. The minimum absolute atomic E-state index is 0.324. The van der Waals surface area contributed by atoms with Gasteiger partial charge in [-0.1, -0.05) is 35.3 Å². The van der Waals surface area contributed by atoms with Gasteiger partial charge in [0.2, 0.25) is 0 Å². The largest absolute Gasteiger partial charge is 0.490 e. The summed E-state index contributed by atoms with van der Waals surface area (Å²) in [7, 11) is 0. The third kappa shape index (κ3) is 6.85. The zero-order chi connectivity index (χ0) is 22.2. The minimum Gasteiger partial charge on any atom is -0.490 e. The van der Waals surface area contributed by atoms with Crippen molar-refractivity contribution in [1.29, 1.82) is 0 Å². The number of rotatable bonds is 8. The van der Waals surface area contributed by atoms with Gasteiger partial charge in [0.15, 0.2) is 11.5 Å². The lowest BCUT2D eigenvalue weighted by Crippen LogP contribution is -2.17. The maximum absolute atomic E-state index is 12.2. The molecule has 0 fully saturated rings. The van der Waals surface area contributed by atoms with Crippen LogP contribution in [0.1, 0.15) is 28.4 Å². The van der Waals surface area contributed by atoms with E-state index in [0.29, 0.717) is 40.3 Å². The van der Waals surface area contributed by atoms with E-state index in [1.807, 2.05) is 43.3 Å². The molecule has 0 bridgehead atoms. The van der Waals surface area contributed by atoms with Gasteiger partial charge in [0.05, 0.1) is 16.4 Å². The van der Waals surface area contributed by atoms with Crippen molar-refractivity contribution in [3.8, 4) is 11.5 Å². The van der Waals surface area contributed by atoms with Crippen LogP contribution in [0.15, 0.2) is 65.8 Å². The van der Waals surface area contributed by atoms with Crippen molar-refractivity contribution < 1.29 is 14.3 Å². The molecule has 0 atom stereocenters. The van der Waals surface area contributed by atoms with Crippen LogP contribution in [0.4, 0.5) is 0 Å². The Morgan fingerprint density at radius 2 is 1.68 bits per heavy atom. The smallest absolute Gasteiger partial charge is 0.271 e. The van der Waals surface area contributed by atoms with Crippen LogP contribution in [0.3, 0.4) is 0 Å². The monoisotopic (exact) mass is 568 g/mol. The number of amides is 1. The van der Waals surface area contributed by atoms with Crippen molar-refractivity contribution in [2.24, 2.45) is 5.10 Å². The summed E-state index contributed by atoms with van der Waals surface area (Å²) in [6, 6.07) is 17.8. The number of benzene rings is 3. The molecule has 0 heterocycles. The maximum Gasteiger partial charge on any atom is 0.271 e. The van der Waals surface area contributed by atoms with E-state index in [2.05, 4.69) is 33.1 Å². The van der Waals surface area contributed by atoms with Gasteiger partial charge in [-0.2, -0.15) is 5.10 Å². The highest BCUT2D eigenvalue weighted by Crippen LogP contribution is 2.34. The van der Waals surface area contributed by atoms with Crippen molar-refractivity contribution in [2.45, 2.75) is 13.5 Å². The van der Waals surface area contributed by atoms with Gasteiger partial charge in [0.25, 0.3) is 5.91 Å². The van der Waals surface area contributed by atoms with Crippen molar-refractivity contribution >= 4 is 57.9 Å². The third-order valence-electron chi connectivity index (χ3n) is 4.11. The number of hydrazone groups is 1. The van der Waals surface area contributed by atoms with Crippen molar-refractivity contribution in [3.05, 3.63) is 91.0 Å². The Bertz CT molecular complexity index is 1070. The average Bonchev–Trinajstić information content (AvgIpc) is 2.75. The lowest BCUT2D eigenvalue weighted by atomic mass is 10.2. The first-order valence-corrected chi connectivity index (χ1v) is 11.2. The average molecular weight is 569 g/mol. The lowest BCUT2D eigenvalue weighted by Gasteiger charge is -2.15. The number of halogens is 3. The standard InChI is InChI=1S/C23H19Cl2IN2O3/c1-2-30-21-12-16(13-27-28-23(29)17-5-9-19(25)10-6-17)11-20(26)22(21)31-14-15-3-7-18(24)8-4-15/h3-13H,2,14H2,1H3,(H,28,29)/b27-13-. The summed E-state index contributed by atoms with van der Waals surface area (Å²) in [6.07, 6.45) is 1.56. The molecule has 1 amide bonds. The SMILES string of the molecule is CCOc1cc(/C=N\NC(=O)c2ccc(Cl)cc2)cc(I)c1OCc1ccc(Cl)cc1. The summed E-state index contributed by atoms with van der Waals surface area (Å²) in [4.78, 5) is 12.2. The van der Waals surface area contributed by atoms with Crippen LogP contribution >= 0.6 is 45.8 Å². The van der Waals surface area contributed by atoms with Crippen molar-refractivity contribution in [1.82, 2.24) is 5.43 Å². The zero-order valence-electron chi connectivity index (χ0n) is 16.6. The predicted molar refractivity (Wildman–Crippen MR) is 133 cm³/mol. The summed E-state index contributed by atoms with van der Waals surface area (Å²) in [5, 5.41) is 5.29. The van der Waals surface area contributed by atoms with Crippen molar-refractivity contribution in [2.75, 3.05) is 6.61 Å². The molecule has 0 unspecified atom stereocenters. The maximum atomic E-state index is 12.2. The second-order valence-corrected chi connectivity index (χ2v) is 8.42. The number of nitrogens with one attached hydrogen (secondary N) is 1. The fourth-order valence-electron chi connectivity index (χ4n) is 2.63.